The van der Waals surface area contributed by atoms with Crippen molar-refractivity contribution < 1.29 is 0 Å². The van der Waals surface area contributed by atoms with Gasteiger partial charge in [0.2, 0.25) is 0 Å². The van der Waals surface area contributed by atoms with Gasteiger partial charge in [-0.2, -0.15) is 0 Å². The first-order chi connectivity index (χ1) is 13.1. The summed E-state index contributed by atoms with van der Waals surface area (Å²) >= 11 is 0. The van der Waals surface area contributed by atoms with E-state index in [-0.39, 0.29) is 17.5 Å². The van der Waals surface area contributed by atoms with Crippen LogP contribution in [0.1, 0.15) is 43.0 Å². The summed E-state index contributed by atoms with van der Waals surface area (Å²) in [6.07, 6.45) is 5.13. The second-order valence-electron chi connectivity index (χ2n) is 7.32. The molecule has 2 aliphatic rings. The Morgan fingerprint density at radius 3 is 2.26 bits per heavy atom. The summed E-state index contributed by atoms with van der Waals surface area (Å²) in [7, 11) is 0. The molecule has 7 nitrogen and oxygen atoms in total. The van der Waals surface area contributed by atoms with Crippen molar-refractivity contribution in [2.75, 3.05) is 0 Å². The summed E-state index contributed by atoms with van der Waals surface area (Å²) in [6.45, 7) is 6.13. The number of aromatic amines is 1. The van der Waals surface area contributed by atoms with E-state index in [9.17, 15) is 9.59 Å². The van der Waals surface area contributed by atoms with Crippen molar-refractivity contribution in [3.63, 3.8) is 0 Å². The number of fused-ring (bicyclic) bond motifs is 5. The van der Waals surface area contributed by atoms with E-state index in [1.165, 1.54) is 9.25 Å². The Morgan fingerprint density at radius 2 is 1.70 bits per heavy atom. The fraction of sp³-hybridized carbons (Fsp3) is 0.300. The summed E-state index contributed by atoms with van der Waals surface area (Å²) in [5.41, 5.74) is 1.62. The molecule has 0 saturated heterocycles. The molecule has 2 aliphatic carbocycles. The topological polar surface area (TPSA) is 85.6 Å². The molecule has 0 radical (unpaired) electrons. The molecule has 136 valence electrons. The lowest BCUT2D eigenvalue weighted by molar-refractivity contribution is 0.267. The van der Waals surface area contributed by atoms with Gasteiger partial charge in [-0.1, -0.05) is 30.4 Å². The van der Waals surface area contributed by atoms with Gasteiger partial charge in [0.25, 0.3) is 0 Å². The Bertz CT molecular complexity index is 1140. The van der Waals surface area contributed by atoms with Gasteiger partial charge in [0.15, 0.2) is 0 Å². The first kappa shape index (κ1) is 16.0. The molecule has 5 rings (SSSR count). The average molecular weight is 361 g/mol. The zero-order chi connectivity index (χ0) is 18.8. The van der Waals surface area contributed by atoms with Gasteiger partial charge in [-0.3, -0.25) is 9.97 Å². The number of hydrogen-bond donors (Lipinski definition) is 1. The predicted molar refractivity (Wildman–Crippen MR) is 100 cm³/mol. The van der Waals surface area contributed by atoms with Crippen molar-refractivity contribution in [3.05, 3.63) is 87.2 Å². The number of aromatic nitrogens is 5. The summed E-state index contributed by atoms with van der Waals surface area (Å²) in [5, 5.41) is 2.81. The molecular weight excluding hydrogens is 342 g/mol. The Labute approximate surface area is 155 Å². The van der Waals surface area contributed by atoms with Crippen LogP contribution in [0.2, 0.25) is 0 Å². The Morgan fingerprint density at radius 1 is 1.11 bits per heavy atom. The van der Waals surface area contributed by atoms with Crippen LogP contribution in [0.3, 0.4) is 0 Å². The van der Waals surface area contributed by atoms with Gasteiger partial charge in [-0.05, 0) is 31.9 Å². The van der Waals surface area contributed by atoms with Crippen LogP contribution in [0.15, 0.2) is 64.5 Å². The molecule has 2 atom stereocenters. The van der Waals surface area contributed by atoms with E-state index >= 15 is 0 Å². The molecule has 0 amide bonds. The van der Waals surface area contributed by atoms with E-state index < -0.39 is 11.2 Å². The van der Waals surface area contributed by atoms with Gasteiger partial charge in [0.05, 0.1) is 17.1 Å². The van der Waals surface area contributed by atoms with Crippen molar-refractivity contribution in [3.8, 4) is 5.69 Å². The van der Waals surface area contributed by atoms with Crippen molar-refractivity contribution in [1.29, 1.82) is 0 Å². The molecule has 7 heteroatoms. The molecule has 2 heterocycles. The normalized spacial score (nSPS) is 25.5. The molecule has 27 heavy (non-hydrogen) atoms. The molecule has 0 aliphatic heterocycles. The highest BCUT2D eigenvalue weighted by Gasteiger charge is 2.62. The number of benzene rings is 1. The largest absolute Gasteiger partial charge is 0.352 e. The number of rotatable bonds is 3. The lowest BCUT2D eigenvalue weighted by Crippen LogP contribution is -2.45. The fourth-order valence-corrected chi connectivity index (χ4v) is 5.14. The SMILES string of the molecule is C=C(C)C1(n2[nH]c(=O)n(-c3ccccc3)c2=O)C2CCC1c1nccnc12. The van der Waals surface area contributed by atoms with Crippen LogP contribution in [0.4, 0.5) is 0 Å². The van der Waals surface area contributed by atoms with E-state index in [2.05, 4.69) is 21.6 Å². The Hall–Kier alpha value is -3.22. The molecule has 2 unspecified atom stereocenters. The molecule has 2 aromatic heterocycles. The second kappa shape index (κ2) is 5.39. The van der Waals surface area contributed by atoms with Gasteiger partial charge < -0.3 is 0 Å². The lowest BCUT2D eigenvalue weighted by Gasteiger charge is -2.34. The summed E-state index contributed by atoms with van der Waals surface area (Å²) in [6, 6.07) is 8.94. The molecule has 3 aromatic rings. The van der Waals surface area contributed by atoms with E-state index in [1.54, 1.807) is 36.7 Å². The minimum Gasteiger partial charge on any atom is -0.257 e. The monoisotopic (exact) mass is 361 g/mol. The van der Waals surface area contributed by atoms with Crippen LogP contribution in [-0.2, 0) is 5.54 Å². The highest BCUT2D eigenvalue weighted by atomic mass is 16.2. The summed E-state index contributed by atoms with van der Waals surface area (Å²) < 4.78 is 2.66. The van der Waals surface area contributed by atoms with E-state index in [1.807, 2.05) is 13.0 Å². The van der Waals surface area contributed by atoms with Gasteiger partial charge >= 0.3 is 11.4 Å². The average Bonchev–Trinajstić information content (AvgIpc) is 3.30. The van der Waals surface area contributed by atoms with E-state index in [0.717, 1.165) is 29.8 Å². The molecule has 1 N–H and O–H groups in total. The first-order valence-electron chi connectivity index (χ1n) is 9.03. The fourth-order valence-electron chi connectivity index (χ4n) is 5.14. The highest BCUT2D eigenvalue weighted by Crippen LogP contribution is 2.63. The summed E-state index contributed by atoms with van der Waals surface area (Å²) in [5.74, 6) is -0.0488. The van der Waals surface area contributed by atoms with Crippen LogP contribution >= 0.6 is 0 Å². The molecule has 2 bridgehead atoms. The quantitative estimate of drug-likeness (QED) is 0.724. The lowest BCUT2D eigenvalue weighted by atomic mass is 9.80. The van der Waals surface area contributed by atoms with Gasteiger partial charge in [-0.25, -0.2) is 23.9 Å². The number of H-pyrrole nitrogens is 1. The smallest absolute Gasteiger partial charge is 0.257 e. The number of nitrogens with one attached hydrogen (secondary N) is 1. The van der Waals surface area contributed by atoms with Crippen LogP contribution in [0, 0.1) is 0 Å². The first-order valence-corrected chi connectivity index (χ1v) is 9.03. The zero-order valence-corrected chi connectivity index (χ0v) is 14.9. The molecule has 1 saturated carbocycles. The van der Waals surface area contributed by atoms with Crippen LogP contribution in [0.25, 0.3) is 5.69 Å². The number of hydrogen-bond acceptors (Lipinski definition) is 4. The van der Waals surface area contributed by atoms with Crippen molar-refractivity contribution >= 4 is 0 Å². The molecule has 1 fully saturated rings. The van der Waals surface area contributed by atoms with E-state index in [0.29, 0.717) is 5.69 Å². The molecule has 0 spiro atoms. The van der Waals surface area contributed by atoms with Crippen molar-refractivity contribution in [2.45, 2.75) is 37.1 Å². The van der Waals surface area contributed by atoms with E-state index in [4.69, 9.17) is 0 Å². The second-order valence-corrected chi connectivity index (χ2v) is 7.32. The van der Waals surface area contributed by atoms with Crippen LogP contribution < -0.4 is 11.4 Å². The van der Waals surface area contributed by atoms with Crippen LogP contribution in [-0.4, -0.2) is 24.3 Å². The van der Waals surface area contributed by atoms with Crippen molar-refractivity contribution in [2.24, 2.45) is 0 Å². The predicted octanol–water partition coefficient (Wildman–Crippen LogP) is 2.06. The minimum absolute atomic E-state index is 0.0244. The maximum atomic E-state index is 13.4. The number of nitrogens with zero attached hydrogens (tertiary/aromatic N) is 4. The maximum absolute atomic E-state index is 13.4. The maximum Gasteiger partial charge on any atom is 0.352 e. The Kier molecular flexibility index (Phi) is 3.19. The standard InChI is InChI=1S/C20H19N5O2/c1-12(2)20(14-8-9-15(20)17-16(14)21-10-11-22-17)25-19(27)24(18(26)23-25)13-6-4-3-5-7-13/h3-7,10-11,14-15H,1,8-9H2,2H3,(H,23,26). The minimum atomic E-state index is -0.736. The van der Waals surface area contributed by atoms with Crippen LogP contribution in [0.5, 0.6) is 0 Å². The van der Waals surface area contributed by atoms with Crippen molar-refractivity contribution in [1.82, 2.24) is 24.3 Å². The van der Waals surface area contributed by atoms with Gasteiger partial charge in [0, 0.05) is 24.2 Å². The Balaban J connectivity index is 1.79. The number of allylic oxidation sites excluding steroid dienone is 1. The highest BCUT2D eigenvalue weighted by molar-refractivity contribution is 5.45. The molecular formula is C20H19N5O2. The summed E-state index contributed by atoms with van der Waals surface area (Å²) in [4.78, 5) is 35.2. The van der Waals surface area contributed by atoms with Gasteiger partial charge in [-0.15, -0.1) is 0 Å². The molecule has 1 aromatic carbocycles. The third-order valence-corrected chi connectivity index (χ3v) is 6.08. The zero-order valence-electron chi connectivity index (χ0n) is 14.9. The third-order valence-electron chi connectivity index (χ3n) is 6.08. The third kappa shape index (κ3) is 1.86. The number of para-hydroxylation sites is 1. The van der Waals surface area contributed by atoms with Gasteiger partial charge in [0.1, 0.15) is 5.54 Å².